The summed E-state index contributed by atoms with van der Waals surface area (Å²) in [4.78, 5) is 16.2. The average molecular weight is 380 g/mol. The molecule has 1 fully saturated rings. The van der Waals surface area contributed by atoms with Crippen molar-refractivity contribution in [2.24, 2.45) is 0 Å². The summed E-state index contributed by atoms with van der Waals surface area (Å²) in [5, 5.41) is 3.49. The van der Waals surface area contributed by atoms with E-state index in [1.807, 2.05) is 24.3 Å². The molecule has 1 saturated carbocycles. The summed E-state index contributed by atoms with van der Waals surface area (Å²) in [6.07, 6.45) is 5.36. The average Bonchev–Trinajstić information content (AvgIpc) is 3.32. The lowest BCUT2D eigenvalue weighted by molar-refractivity contribution is -0.121. The first-order valence-electron chi connectivity index (χ1n) is 9.79. The Morgan fingerprint density at radius 2 is 2.00 bits per heavy atom. The lowest BCUT2D eigenvalue weighted by Gasteiger charge is -2.46. The van der Waals surface area contributed by atoms with E-state index >= 15 is 0 Å². The molecule has 6 rings (SSSR count). The number of nitrogens with one attached hydrogen (secondary N) is 1. The van der Waals surface area contributed by atoms with Crippen molar-refractivity contribution in [3.05, 3.63) is 53.3 Å². The number of thioether (sulfide) groups is 1. The largest absolute Gasteiger partial charge is 0.358 e. The molecule has 2 atom stereocenters. The highest BCUT2D eigenvalue weighted by atomic mass is 32.2. The molecule has 3 nitrogen and oxygen atoms in total. The Kier molecular flexibility index (Phi) is 3.01. The summed E-state index contributed by atoms with van der Waals surface area (Å²) in [5.41, 5.74) is 3.64. The number of halogens is 1. The second-order valence-corrected chi connectivity index (χ2v) is 9.73. The third-order valence-corrected chi connectivity index (χ3v) is 8.28. The summed E-state index contributed by atoms with van der Waals surface area (Å²) < 4.78 is 14.6. The second kappa shape index (κ2) is 5.07. The molecule has 5 heteroatoms. The minimum atomic E-state index is -0.935. The fourth-order valence-corrected chi connectivity index (χ4v) is 7.14. The Labute approximate surface area is 162 Å². The van der Waals surface area contributed by atoms with E-state index in [0.29, 0.717) is 0 Å². The van der Waals surface area contributed by atoms with Crippen LogP contribution in [0.1, 0.15) is 56.1 Å². The monoisotopic (exact) mass is 380 g/mol. The van der Waals surface area contributed by atoms with Crippen molar-refractivity contribution >= 4 is 29.0 Å². The van der Waals surface area contributed by atoms with Crippen LogP contribution in [-0.2, 0) is 9.67 Å². The molecule has 1 aliphatic carbocycles. The van der Waals surface area contributed by atoms with E-state index in [0.717, 1.165) is 59.5 Å². The maximum atomic E-state index is 14.6. The predicted octanol–water partition coefficient (Wildman–Crippen LogP) is 5.36. The van der Waals surface area contributed by atoms with Crippen molar-refractivity contribution in [2.75, 3.05) is 10.2 Å². The summed E-state index contributed by atoms with van der Waals surface area (Å²) in [6, 6.07) is 11.2. The number of fused-ring (bicyclic) bond motifs is 3. The highest BCUT2D eigenvalue weighted by Crippen LogP contribution is 2.63. The number of anilines is 2. The first-order valence-corrected chi connectivity index (χ1v) is 10.6. The fourth-order valence-electron chi connectivity index (χ4n) is 5.83. The Morgan fingerprint density at radius 3 is 2.78 bits per heavy atom. The molecule has 0 aromatic heterocycles. The lowest BCUT2D eigenvalue weighted by atomic mass is 9.77. The van der Waals surface area contributed by atoms with Gasteiger partial charge in [0.25, 0.3) is 5.91 Å². The maximum Gasteiger partial charge on any atom is 0.268 e. The Bertz CT molecular complexity index is 973. The minimum Gasteiger partial charge on any atom is -0.358 e. The van der Waals surface area contributed by atoms with Gasteiger partial charge in [-0.25, -0.2) is 4.39 Å². The summed E-state index contributed by atoms with van der Waals surface area (Å²) in [6.45, 7) is 2.19. The van der Waals surface area contributed by atoms with Gasteiger partial charge in [-0.15, -0.1) is 0 Å². The summed E-state index contributed by atoms with van der Waals surface area (Å²) in [7, 11) is 0. The Balaban J connectivity index is 1.62. The van der Waals surface area contributed by atoms with Gasteiger partial charge in [-0.3, -0.25) is 4.79 Å². The number of rotatable bonds is 0. The molecule has 27 heavy (non-hydrogen) atoms. The molecule has 0 radical (unpaired) electrons. The number of carbonyl (C=O) groups excluding carboxylic acids is 1. The third kappa shape index (κ3) is 1.86. The fraction of sp³-hybridized carbons (Fsp3) is 0.409. The van der Waals surface area contributed by atoms with E-state index in [1.54, 1.807) is 12.1 Å². The van der Waals surface area contributed by atoms with Crippen LogP contribution in [0.15, 0.2) is 41.3 Å². The van der Waals surface area contributed by atoms with Crippen molar-refractivity contribution in [2.45, 2.75) is 60.3 Å². The molecule has 2 spiro atoms. The molecule has 2 aromatic carbocycles. The number of hydrogen-bond acceptors (Lipinski definition) is 3. The van der Waals surface area contributed by atoms with Crippen LogP contribution in [-0.4, -0.2) is 11.4 Å². The van der Waals surface area contributed by atoms with Crippen molar-refractivity contribution in [1.82, 2.24) is 0 Å². The van der Waals surface area contributed by atoms with Gasteiger partial charge in [-0.05, 0) is 55.0 Å². The molecule has 1 N–H and O–H groups in total. The van der Waals surface area contributed by atoms with Crippen LogP contribution < -0.4 is 10.2 Å². The molecule has 2 aromatic rings. The van der Waals surface area contributed by atoms with Crippen molar-refractivity contribution < 1.29 is 9.18 Å². The van der Waals surface area contributed by atoms with Gasteiger partial charge >= 0.3 is 0 Å². The van der Waals surface area contributed by atoms with E-state index in [1.165, 1.54) is 11.8 Å². The number of hydrogen-bond donors (Lipinski definition) is 1. The first kappa shape index (κ1) is 16.0. The SMILES string of the molecule is CC1CC2(CCCC2)N2C(=O)C3(Nc4ccccc4S3)c3cc(F)cc1c32. The summed E-state index contributed by atoms with van der Waals surface area (Å²) in [5.74, 6) is 0.102. The standard InChI is InChI=1S/C22H21FN2OS/c1-13-12-21(8-4-5-9-21)25-19-15(13)10-14(23)11-16(19)22(20(25)26)24-17-6-2-3-7-18(17)27-22/h2-3,6-7,10-11,13,24H,4-5,8-9,12H2,1H3. The molecule has 3 aliphatic heterocycles. The van der Waals surface area contributed by atoms with Gasteiger partial charge in [0, 0.05) is 21.7 Å². The Hall–Kier alpha value is -2.01. The zero-order chi connectivity index (χ0) is 18.4. The molecule has 1 amide bonds. The quantitative estimate of drug-likeness (QED) is 0.667. The van der Waals surface area contributed by atoms with E-state index in [9.17, 15) is 9.18 Å². The molecular weight excluding hydrogens is 359 g/mol. The maximum absolute atomic E-state index is 14.6. The normalized spacial score (nSPS) is 29.3. The van der Waals surface area contributed by atoms with E-state index in [2.05, 4.69) is 17.1 Å². The first-order chi connectivity index (χ1) is 13.0. The van der Waals surface area contributed by atoms with Crippen LogP contribution in [0, 0.1) is 5.82 Å². The van der Waals surface area contributed by atoms with E-state index < -0.39 is 4.87 Å². The van der Waals surface area contributed by atoms with Crippen LogP contribution in [0.2, 0.25) is 0 Å². The van der Waals surface area contributed by atoms with Gasteiger partial charge in [-0.2, -0.15) is 0 Å². The van der Waals surface area contributed by atoms with Gasteiger partial charge < -0.3 is 10.2 Å². The van der Waals surface area contributed by atoms with Gasteiger partial charge in [0.05, 0.1) is 5.69 Å². The molecule has 4 aliphatic rings. The van der Waals surface area contributed by atoms with Crippen LogP contribution in [0.3, 0.4) is 0 Å². The molecule has 2 unspecified atom stereocenters. The van der Waals surface area contributed by atoms with Crippen LogP contribution in [0.25, 0.3) is 0 Å². The lowest BCUT2D eigenvalue weighted by Crippen LogP contribution is -2.55. The number of nitrogens with zero attached hydrogens (tertiary/aromatic N) is 1. The Morgan fingerprint density at radius 1 is 1.22 bits per heavy atom. The number of amides is 1. The van der Waals surface area contributed by atoms with Crippen molar-refractivity contribution in [3.8, 4) is 0 Å². The minimum absolute atomic E-state index is 0.0827. The van der Waals surface area contributed by atoms with Gasteiger partial charge in [-0.1, -0.05) is 43.7 Å². The zero-order valence-electron chi connectivity index (χ0n) is 15.2. The van der Waals surface area contributed by atoms with Crippen molar-refractivity contribution in [3.63, 3.8) is 0 Å². The number of benzene rings is 2. The van der Waals surface area contributed by atoms with E-state index in [-0.39, 0.29) is 23.2 Å². The third-order valence-electron chi connectivity index (χ3n) is 6.90. The van der Waals surface area contributed by atoms with Crippen molar-refractivity contribution in [1.29, 1.82) is 0 Å². The molecule has 138 valence electrons. The predicted molar refractivity (Wildman–Crippen MR) is 106 cm³/mol. The zero-order valence-corrected chi connectivity index (χ0v) is 16.0. The molecule has 3 heterocycles. The number of para-hydroxylation sites is 1. The van der Waals surface area contributed by atoms with Crippen LogP contribution >= 0.6 is 11.8 Å². The molecule has 0 bridgehead atoms. The smallest absolute Gasteiger partial charge is 0.268 e. The molecule has 0 saturated heterocycles. The van der Waals surface area contributed by atoms with E-state index in [4.69, 9.17) is 0 Å². The van der Waals surface area contributed by atoms with Crippen LogP contribution in [0.4, 0.5) is 15.8 Å². The molecular formula is C22H21FN2OS. The van der Waals surface area contributed by atoms with Gasteiger partial charge in [0.1, 0.15) is 5.82 Å². The highest BCUT2D eigenvalue weighted by molar-refractivity contribution is 8.01. The summed E-state index contributed by atoms with van der Waals surface area (Å²) >= 11 is 1.54. The highest BCUT2D eigenvalue weighted by Gasteiger charge is 2.62. The van der Waals surface area contributed by atoms with Gasteiger partial charge in [0.2, 0.25) is 0 Å². The van der Waals surface area contributed by atoms with Gasteiger partial charge in [0.15, 0.2) is 4.87 Å². The van der Waals surface area contributed by atoms with Crippen LogP contribution in [0.5, 0.6) is 0 Å². The second-order valence-electron chi connectivity index (χ2n) is 8.47. The number of carbonyl (C=O) groups is 1. The topological polar surface area (TPSA) is 32.3 Å².